The molecule has 124 valence electrons. The topological polar surface area (TPSA) is 30.5 Å². The summed E-state index contributed by atoms with van der Waals surface area (Å²) in [6.45, 7) is 2.50. The summed E-state index contributed by atoms with van der Waals surface area (Å²) >= 11 is 6.00. The van der Waals surface area contributed by atoms with Crippen LogP contribution in [-0.4, -0.2) is 20.3 Å². The highest BCUT2D eigenvalue weighted by atomic mass is 35.5. The second kappa shape index (κ2) is 9.50. The zero-order valence-electron chi connectivity index (χ0n) is 13.1. The summed E-state index contributed by atoms with van der Waals surface area (Å²) in [4.78, 5) is 0. The molecule has 2 aromatic carbocycles. The molecule has 5 heteroatoms. The molecule has 0 saturated carbocycles. The minimum atomic E-state index is -0.353. The summed E-state index contributed by atoms with van der Waals surface area (Å²) < 4.78 is 24.4. The van der Waals surface area contributed by atoms with Crippen LogP contribution in [-0.2, 0) is 17.9 Å². The van der Waals surface area contributed by atoms with Crippen molar-refractivity contribution in [1.29, 1.82) is 0 Å². The van der Waals surface area contributed by atoms with Crippen LogP contribution in [0.25, 0.3) is 0 Å². The normalized spacial score (nSPS) is 10.7. The fourth-order valence-electron chi connectivity index (χ4n) is 2.15. The SMILES string of the molecule is COCCCNCc1cccc(OCc2c(F)cccc2Cl)c1. The van der Waals surface area contributed by atoms with Crippen LogP contribution < -0.4 is 10.1 Å². The molecule has 0 aliphatic rings. The number of hydrogen-bond donors (Lipinski definition) is 1. The van der Waals surface area contributed by atoms with Gasteiger partial charge >= 0.3 is 0 Å². The molecular weight excluding hydrogens is 317 g/mol. The van der Waals surface area contributed by atoms with Crippen molar-refractivity contribution in [3.63, 3.8) is 0 Å². The maximum Gasteiger partial charge on any atom is 0.131 e. The fraction of sp³-hybridized carbons (Fsp3) is 0.333. The van der Waals surface area contributed by atoms with Gasteiger partial charge in [0, 0.05) is 25.8 Å². The molecule has 0 amide bonds. The van der Waals surface area contributed by atoms with Crippen molar-refractivity contribution >= 4 is 11.6 Å². The van der Waals surface area contributed by atoms with Crippen molar-refractivity contribution in [1.82, 2.24) is 5.32 Å². The Morgan fingerprint density at radius 1 is 1.17 bits per heavy atom. The van der Waals surface area contributed by atoms with E-state index in [-0.39, 0.29) is 12.4 Å². The van der Waals surface area contributed by atoms with Gasteiger partial charge < -0.3 is 14.8 Å². The van der Waals surface area contributed by atoms with Gasteiger partial charge in [-0.15, -0.1) is 0 Å². The van der Waals surface area contributed by atoms with E-state index >= 15 is 0 Å². The Kier molecular flexibility index (Phi) is 7.33. The first-order valence-corrected chi connectivity index (χ1v) is 7.93. The van der Waals surface area contributed by atoms with E-state index in [4.69, 9.17) is 21.1 Å². The molecule has 0 bridgehead atoms. The lowest BCUT2D eigenvalue weighted by atomic mass is 10.2. The minimum Gasteiger partial charge on any atom is -0.489 e. The number of nitrogens with one attached hydrogen (secondary N) is 1. The maximum absolute atomic E-state index is 13.7. The van der Waals surface area contributed by atoms with Gasteiger partial charge in [0.05, 0.1) is 5.02 Å². The fourth-order valence-corrected chi connectivity index (χ4v) is 2.36. The van der Waals surface area contributed by atoms with Crippen LogP contribution in [0.1, 0.15) is 17.5 Å². The largest absolute Gasteiger partial charge is 0.489 e. The Morgan fingerprint density at radius 2 is 2.00 bits per heavy atom. The van der Waals surface area contributed by atoms with E-state index in [2.05, 4.69) is 5.32 Å². The van der Waals surface area contributed by atoms with Gasteiger partial charge in [0.1, 0.15) is 18.2 Å². The number of hydrogen-bond acceptors (Lipinski definition) is 3. The summed E-state index contributed by atoms with van der Waals surface area (Å²) in [6, 6.07) is 12.4. The van der Waals surface area contributed by atoms with Crippen molar-refractivity contribution in [2.75, 3.05) is 20.3 Å². The molecular formula is C18H21ClFNO2. The molecule has 0 aliphatic heterocycles. The third kappa shape index (κ3) is 5.82. The summed E-state index contributed by atoms with van der Waals surface area (Å²) in [5.41, 5.74) is 1.48. The molecule has 0 heterocycles. The van der Waals surface area contributed by atoms with Gasteiger partial charge in [0.2, 0.25) is 0 Å². The van der Waals surface area contributed by atoms with Crippen molar-refractivity contribution in [2.45, 2.75) is 19.6 Å². The van der Waals surface area contributed by atoms with Crippen LogP contribution in [0.4, 0.5) is 4.39 Å². The quantitative estimate of drug-likeness (QED) is 0.696. The second-order valence-corrected chi connectivity index (χ2v) is 5.57. The first-order chi connectivity index (χ1) is 11.2. The van der Waals surface area contributed by atoms with Crippen LogP contribution >= 0.6 is 11.6 Å². The van der Waals surface area contributed by atoms with Gasteiger partial charge in [0.15, 0.2) is 0 Å². The van der Waals surface area contributed by atoms with E-state index in [1.165, 1.54) is 6.07 Å². The highest BCUT2D eigenvalue weighted by Crippen LogP contribution is 2.22. The first kappa shape index (κ1) is 17.7. The van der Waals surface area contributed by atoms with Crippen molar-refractivity contribution < 1.29 is 13.9 Å². The van der Waals surface area contributed by atoms with Crippen LogP contribution in [0.5, 0.6) is 5.75 Å². The Morgan fingerprint density at radius 3 is 2.78 bits per heavy atom. The summed E-state index contributed by atoms with van der Waals surface area (Å²) in [6.07, 6.45) is 0.971. The highest BCUT2D eigenvalue weighted by Gasteiger charge is 2.07. The lowest BCUT2D eigenvalue weighted by Crippen LogP contribution is -2.16. The van der Waals surface area contributed by atoms with Crippen LogP contribution in [0.15, 0.2) is 42.5 Å². The molecule has 1 N–H and O–H groups in total. The zero-order chi connectivity index (χ0) is 16.5. The lowest BCUT2D eigenvalue weighted by molar-refractivity contribution is 0.194. The van der Waals surface area contributed by atoms with E-state index in [1.807, 2.05) is 24.3 Å². The van der Waals surface area contributed by atoms with Gasteiger partial charge in [-0.1, -0.05) is 29.8 Å². The lowest BCUT2D eigenvalue weighted by Gasteiger charge is -2.10. The molecule has 0 aliphatic carbocycles. The van der Waals surface area contributed by atoms with Gasteiger partial charge in [-0.25, -0.2) is 4.39 Å². The predicted molar refractivity (Wildman–Crippen MR) is 90.4 cm³/mol. The van der Waals surface area contributed by atoms with Crippen molar-refractivity contribution in [3.8, 4) is 5.75 Å². The Bertz CT molecular complexity index is 601. The molecule has 0 radical (unpaired) electrons. The molecule has 0 aromatic heterocycles. The summed E-state index contributed by atoms with van der Waals surface area (Å²) in [5, 5.41) is 3.71. The average Bonchev–Trinajstić information content (AvgIpc) is 2.55. The minimum absolute atomic E-state index is 0.107. The second-order valence-electron chi connectivity index (χ2n) is 5.16. The molecule has 23 heavy (non-hydrogen) atoms. The van der Waals surface area contributed by atoms with E-state index in [9.17, 15) is 4.39 Å². The van der Waals surface area contributed by atoms with Crippen molar-refractivity contribution in [3.05, 3.63) is 64.4 Å². The number of methoxy groups -OCH3 is 1. The summed E-state index contributed by atoms with van der Waals surface area (Å²) in [7, 11) is 1.70. The Balaban J connectivity index is 1.87. The zero-order valence-corrected chi connectivity index (χ0v) is 13.9. The molecule has 0 fully saturated rings. The van der Waals surface area contributed by atoms with Gasteiger partial charge in [-0.3, -0.25) is 0 Å². The highest BCUT2D eigenvalue weighted by molar-refractivity contribution is 6.31. The van der Waals surface area contributed by atoms with E-state index in [0.29, 0.717) is 16.3 Å². The standard InChI is InChI=1S/C18H21ClFNO2/c1-22-10-4-9-21-12-14-5-2-6-15(11-14)23-13-16-17(19)7-3-8-18(16)20/h2-3,5-8,11,21H,4,9-10,12-13H2,1H3. The first-order valence-electron chi connectivity index (χ1n) is 7.55. The monoisotopic (exact) mass is 337 g/mol. The van der Waals surface area contributed by atoms with E-state index in [0.717, 1.165) is 31.7 Å². The van der Waals surface area contributed by atoms with Gasteiger partial charge in [-0.2, -0.15) is 0 Å². The summed E-state index contributed by atoms with van der Waals surface area (Å²) in [5.74, 6) is 0.342. The number of ether oxygens (including phenoxy) is 2. The maximum atomic E-state index is 13.7. The van der Waals surface area contributed by atoms with Crippen LogP contribution in [0, 0.1) is 5.82 Å². The molecule has 0 unspecified atom stereocenters. The predicted octanol–water partition coefficient (Wildman–Crippen LogP) is 4.18. The Hall–Kier alpha value is -1.62. The Labute approximate surface area is 141 Å². The number of halogens is 2. The molecule has 0 atom stereocenters. The average molecular weight is 338 g/mol. The van der Waals surface area contributed by atoms with E-state index in [1.54, 1.807) is 19.2 Å². The number of benzene rings is 2. The van der Waals surface area contributed by atoms with Gasteiger partial charge in [0.25, 0.3) is 0 Å². The van der Waals surface area contributed by atoms with Gasteiger partial charge in [-0.05, 0) is 42.8 Å². The van der Waals surface area contributed by atoms with Crippen LogP contribution in [0.2, 0.25) is 5.02 Å². The van der Waals surface area contributed by atoms with E-state index < -0.39 is 0 Å². The smallest absolute Gasteiger partial charge is 0.131 e. The molecule has 3 nitrogen and oxygen atoms in total. The molecule has 2 aromatic rings. The number of rotatable bonds is 9. The third-order valence-electron chi connectivity index (χ3n) is 3.37. The van der Waals surface area contributed by atoms with Crippen molar-refractivity contribution in [2.24, 2.45) is 0 Å². The molecule has 0 spiro atoms. The van der Waals surface area contributed by atoms with Crippen LogP contribution in [0.3, 0.4) is 0 Å². The molecule has 0 saturated heterocycles. The third-order valence-corrected chi connectivity index (χ3v) is 3.73. The molecule has 2 rings (SSSR count).